The van der Waals surface area contributed by atoms with Crippen LogP contribution in [0.25, 0.3) is 0 Å². The largest absolute Gasteiger partial charge is 0.325 e. The predicted octanol–water partition coefficient (Wildman–Crippen LogP) is 4.35. The van der Waals surface area contributed by atoms with Gasteiger partial charge in [-0.05, 0) is 43.7 Å². The fourth-order valence-electron chi connectivity index (χ4n) is 1.96. The molecule has 0 aliphatic heterocycles. The van der Waals surface area contributed by atoms with Crippen molar-refractivity contribution in [3.05, 3.63) is 59.1 Å². The van der Waals surface area contributed by atoms with E-state index in [1.165, 1.54) is 11.8 Å². The highest BCUT2D eigenvalue weighted by Crippen LogP contribution is 2.22. The first-order valence-corrected chi connectivity index (χ1v) is 8.92. The molecule has 0 bridgehead atoms. The maximum atomic E-state index is 12.2. The number of carbonyl (C=O) groups is 2. The molecule has 0 aliphatic carbocycles. The first-order valence-electron chi connectivity index (χ1n) is 7.49. The number of amides is 2. The topological polar surface area (TPSA) is 58.2 Å². The number of aryl methyl sites for hydroxylation is 1. The van der Waals surface area contributed by atoms with Gasteiger partial charge in [-0.3, -0.25) is 9.59 Å². The molecule has 0 saturated heterocycles. The zero-order chi connectivity index (χ0) is 17.5. The van der Waals surface area contributed by atoms with E-state index in [0.717, 1.165) is 11.3 Å². The highest BCUT2D eigenvalue weighted by molar-refractivity contribution is 8.01. The average Bonchev–Trinajstić information content (AvgIpc) is 2.57. The summed E-state index contributed by atoms with van der Waals surface area (Å²) in [6.45, 7) is 3.67. The third-order valence-electron chi connectivity index (χ3n) is 3.35. The van der Waals surface area contributed by atoms with Crippen molar-refractivity contribution < 1.29 is 9.59 Å². The van der Waals surface area contributed by atoms with Gasteiger partial charge in [-0.2, -0.15) is 0 Å². The Balaban J connectivity index is 1.83. The number of rotatable bonds is 6. The monoisotopic (exact) mass is 362 g/mol. The van der Waals surface area contributed by atoms with Gasteiger partial charge in [0.2, 0.25) is 11.8 Å². The van der Waals surface area contributed by atoms with Gasteiger partial charge < -0.3 is 10.6 Å². The Labute approximate surface area is 151 Å². The molecule has 2 aromatic rings. The van der Waals surface area contributed by atoms with Crippen molar-refractivity contribution in [3.8, 4) is 0 Å². The second kappa shape index (κ2) is 8.76. The van der Waals surface area contributed by atoms with Gasteiger partial charge in [0.05, 0.1) is 11.0 Å². The Bertz CT molecular complexity index is 722. The van der Waals surface area contributed by atoms with Crippen LogP contribution in [0.3, 0.4) is 0 Å². The Morgan fingerprint density at radius 3 is 2.54 bits per heavy atom. The minimum Gasteiger partial charge on any atom is -0.325 e. The quantitative estimate of drug-likeness (QED) is 0.803. The third-order valence-corrected chi connectivity index (χ3v) is 4.73. The van der Waals surface area contributed by atoms with E-state index in [4.69, 9.17) is 11.6 Å². The van der Waals surface area contributed by atoms with Gasteiger partial charge >= 0.3 is 0 Å². The molecule has 0 aromatic heterocycles. The van der Waals surface area contributed by atoms with E-state index in [2.05, 4.69) is 10.6 Å². The summed E-state index contributed by atoms with van der Waals surface area (Å²) in [6, 6.07) is 14.6. The summed E-state index contributed by atoms with van der Waals surface area (Å²) in [6.07, 6.45) is 0. The number of carbonyl (C=O) groups excluding carboxylic acids is 2. The van der Waals surface area contributed by atoms with E-state index < -0.39 is 0 Å². The molecular formula is C18H19ClN2O2S. The van der Waals surface area contributed by atoms with E-state index in [1.54, 1.807) is 19.1 Å². The molecule has 126 valence electrons. The molecule has 0 spiro atoms. The molecule has 0 unspecified atom stereocenters. The first-order chi connectivity index (χ1) is 11.5. The van der Waals surface area contributed by atoms with Crippen molar-refractivity contribution in [2.45, 2.75) is 19.1 Å². The Hall–Kier alpha value is -1.98. The Morgan fingerprint density at radius 2 is 1.83 bits per heavy atom. The molecule has 0 saturated carbocycles. The summed E-state index contributed by atoms with van der Waals surface area (Å²) in [7, 11) is 0. The minimum absolute atomic E-state index is 0.134. The number of benzene rings is 2. The van der Waals surface area contributed by atoms with Crippen LogP contribution in [-0.4, -0.2) is 22.8 Å². The second-order valence-electron chi connectivity index (χ2n) is 5.32. The van der Waals surface area contributed by atoms with Gasteiger partial charge in [-0.25, -0.2) is 0 Å². The number of anilines is 2. The Kier molecular flexibility index (Phi) is 6.70. The van der Waals surface area contributed by atoms with Gasteiger partial charge in [0.1, 0.15) is 0 Å². The molecule has 2 amide bonds. The van der Waals surface area contributed by atoms with Crippen LogP contribution in [0.15, 0.2) is 48.5 Å². The summed E-state index contributed by atoms with van der Waals surface area (Å²) in [5.74, 6) is -0.0828. The van der Waals surface area contributed by atoms with Crippen LogP contribution >= 0.6 is 23.4 Å². The van der Waals surface area contributed by atoms with Crippen LogP contribution in [0.4, 0.5) is 11.4 Å². The van der Waals surface area contributed by atoms with Gasteiger partial charge in [0.25, 0.3) is 0 Å². The molecule has 0 heterocycles. The van der Waals surface area contributed by atoms with E-state index in [-0.39, 0.29) is 22.8 Å². The Morgan fingerprint density at radius 1 is 1.12 bits per heavy atom. The molecular weight excluding hydrogens is 344 g/mol. The molecule has 0 fully saturated rings. The van der Waals surface area contributed by atoms with Gasteiger partial charge in [-0.15, -0.1) is 11.8 Å². The molecule has 4 nitrogen and oxygen atoms in total. The number of thioether (sulfide) groups is 1. The number of halogens is 1. The maximum absolute atomic E-state index is 12.2. The van der Waals surface area contributed by atoms with Crippen molar-refractivity contribution in [3.63, 3.8) is 0 Å². The summed E-state index contributed by atoms with van der Waals surface area (Å²) >= 11 is 7.23. The van der Waals surface area contributed by atoms with Crippen LogP contribution < -0.4 is 10.6 Å². The van der Waals surface area contributed by atoms with Gasteiger partial charge in [0, 0.05) is 16.4 Å². The fraction of sp³-hybridized carbons (Fsp3) is 0.222. The molecule has 0 aliphatic rings. The van der Waals surface area contributed by atoms with Crippen molar-refractivity contribution in [1.29, 1.82) is 0 Å². The van der Waals surface area contributed by atoms with Crippen LogP contribution in [0.5, 0.6) is 0 Å². The summed E-state index contributed by atoms with van der Waals surface area (Å²) < 4.78 is 0. The summed E-state index contributed by atoms with van der Waals surface area (Å²) in [4.78, 5) is 24.2. The number of hydrogen-bond acceptors (Lipinski definition) is 3. The predicted molar refractivity (Wildman–Crippen MR) is 102 cm³/mol. The molecule has 2 aromatic carbocycles. The third kappa shape index (κ3) is 5.58. The van der Waals surface area contributed by atoms with E-state index >= 15 is 0 Å². The minimum atomic E-state index is -0.357. The average molecular weight is 363 g/mol. The maximum Gasteiger partial charge on any atom is 0.237 e. The molecule has 1 atom stereocenters. The number of nitrogens with one attached hydrogen (secondary N) is 2. The van der Waals surface area contributed by atoms with Crippen molar-refractivity contribution in [2.24, 2.45) is 0 Å². The number of hydrogen-bond donors (Lipinski definition) is 2. The van der Waals surface area contributed by atoms with Gasteiger partial charge in [-0.1, -0.05) is 35.9 Å². The summed E-state index contributed by atoms with van der Waals surface area (Å²) in [5.41, 5.74) is 2.37. The van der Waals surface area contributed by atoms with E-state index in [0.29, 0.717) is 10.7 Å². The second-order valence-corrected chi connectivity index (χ2v) is 7.08. The van der Waals surface area contributed by atoms with Crippen LogP contribution in [-0.2, 0) is 9.59 Å². The van der Waals surface area contributed by atoms with Crippen molar-refractivity contribution in [1.82, 2.24) is 0 Å². The highest BCUT2D eigenvalue weighted by Gasteiger charge is 2.16. The number of para-hydroxylation sites is 1. The summed E-state index contributed by atoms with van der Waals surface area (Å²) in [5, 5.41) is 5.85. The zero-order valence-electron chi connectivity index (χ0n) is 13.5. The molecule has 0 radical (unpaired) electrons. The van der Waals surface area contributed by atoms with Crippen LogP contribution in [0.2, 0.25) is 5.02 Å². The normalized spacial score (nSPS) is 11.6. The SMILES string of the molecule is Cc1ccc(Cl)cc1NC(=O)[C@@H](C)SCC(=O)Nc1ccccc1. The highest BCUT2D eigenvalue weighted by atomic mass is 35.5. The van der Waals surface area contributed by atoms with Crippen molar-refractivity contribution in [2.75, 3.05) is 16.4 Å². The smallest absolute Gasteiger partial charge is 0.237 e. The molecule has 2 rings (SSSR count). The van der Waals surface area contributed by atoms with E-state index in [9.17, 15) is 9.59 Å². The lowest BCUT2D eigenvalue weighted by atomic mass is 10.2. The van der Waals surface area contributed by atoms with Crippen LogP contribution in [0, 0.1) is 6.92 Å². The van der Waals surface area contributed by atoms with E-state index in [1.807, 2.05) is 43.3 Å². The lowest BCUT2D eigenvalue weighted by molar-refractivity contribution is -0.115. The zero-order valence-corrected chi connectivity index (χ0v) is 15.1. The molecule has 24 heavy (non-hydrogen) atoms. The molecule has 2 N–H and O–H groups in total. The fourth-order valence-corrected chi connectivity index (χ4v) is 2.81. The lowest BCUT2D eigenvalue weighted by Crippen LogP contribution is -2.25. The first kappa shape index (κ1) is 18.4. The standard InChI is InChI=1S/C18H19ClN2O2S/c1-12-8-9-14(19)10-16(12)21-18(23)13(2)24-11-17(22)20-15-6-4-3-5-7-15/h3-10,13H,11H2,1-2H3,(H,20,22)(H,21,23)/t13-/m1/s1. The van der Waals surface area contributed by atoms with Crippen LogP contribution in [0.1, 0.15) is 12.5 Å². The van der Waals surface area contributed by atoms with Crippen molar-refractivity contribution >= 4 is 46.6 Å². The molecule has 6 heteroatoms. The van der Waals surface area contributed by atoms with Gasteiger partial charge in [0.15, 0.2) is 0 Å². The lowest BCUT2D eigenvalue weighted by Gasteiger charge is -2.14.